The molecule has 40 heavy (non-hydrogen) atoms. The second-order valence-electron chi connectivity index (χ2n) is 10.2. The number of anilines is 4. The molecule has 2 aliphatic rings. The fourth-order valence-corrected chi connectivity index (χ4v) is 5.02. The Labute approximate surface area is 233 Å². The van der Waals surface area contributed by atoms with E-state index in [1.807, 2.05) is 19.1 Å². The lowest BCUT2D eigenvalue weighted by molar-refractivity contribution is -0.111. The molecule has 5 rings (SSSR count). The van der Waals surface area contributed by atoms with Crippen molar-refractivity contribution in [1.29, 1.82) is 0 Å². The lowest BCUT2D eigenvalue weighted by atomic mass is 9.97. The Hall–Kier alpha value is -4.73. The van der Waals surface area contributed by atoms with Gasteiger partial charge in [0.2, 0.25) is 5.91 Å². The van der Waals surface area contributed by atoms with Crippen LogP contribution in [-0.4, -0.2) is 46.3 Å². The fourth-order valence-electron chi connectivity index (χ4n) is 5.02. The van der Waals surface area contributed by atoms with Crippen LogP contribution in [-0.2, 0) is 4.79 Å². The summed E-state index contributed by atoms with van der Waals surface area (Å²) in [5.41, 5.74) is 8.66. The molecule has 0 bridgehead atoms. The van der Waals surface area contributed by atoms with Crippen LogP contribution in [0.3, 0.4) is 0 Å². The van der Waals surface area contributed by atoms with E-state index >= 15 is 0 Å². The van der Waals surface area contributed by atoms with Gasteiger partial charge in [0.25, 0.3) is 11.8 Å². The van der Waals surface area contributed by atoms with E-state index in [4.69, 9.17) is 10.7 Å². The minimum absolute atomic E-state index is 0.00607. The number of rotatable bonds is 9. The molecular formula is C30H33N7O3. The Morgan fingerprint density at radius 1 is 1.07 bits per heavy atom. The molecule has 0 spiro atoms. The zero-order valence-electron chi connectivity index (χ0n) is 22.4. The van der Waals surface area contributed by atoms with Gasteiger partial charge in [-0.2, -0.15) is 0 Å². The molecule has 2 aromatic carbocycles. The van der Waals surface area contributed by atoms with E-state index < -0.39 is 5.91 Å². The third-order valence-corrected chi connectivity index (χ3v) is 7.39. The zero-order valence-corrected chi connectivity index (χ0v) is 22.4. The number of primary amides is 1. The molecule has 1 aliphatic carbocycles. The number of nitrogens with two attached hydrogens (primary N) is 1. The molecule has 10 nitrogen and oxygen atoms in total. The summed E-state index contributed by atoms with van der Waals surface area (Å²) in [5, 5.41) is 9.01. The van der Waals surface area contributed by atoms with E-state index in [1.54, 1.807) is 24.3 Å². The van der Waals surface area contributed by atoms with Crippen molar-refractivity contribution in [3.63, 3.8) is 0 Å². The summed E-state index contributed by atoms with van der Waals surface area (Å²) in [6.45, 7) is 6.22. The van der Waals surface area contributed by atoms with E-state index in [9.17, 15) is 14.4 Å². The monoisotopic (exact) mass is 539 g/mol. The lowest BCUT2D eigenvalue weighted by Gasteiger charge is -2.40. The van der Waals surface area contributed by atoms with Gasteiger partial charge in [-0.3, -0.25) is 14.4 Å². The number of nitrogens with one attached hydrogen (secondary N) is 3. The number of hydrogen-bond donors (Lipinski definition) is 4. The maximum atomic E-state index is 13.0. The van der Waals surface area contributed by atoms with Crippen LogP contribution in [0.15, 0.2) is 67.4 Å². The zero-order chi connectivity index (χ0) is 28.2. The second-order valence-corrected chi connectivity index (χ2v) is 10.2. The SMILES string of the molecule is C=CC(=O)Nc1cccc(Nc2nc(N3CCC[C@H](NC(=O)c4ccc(C5CC5)cc4)[C@@H]3C)cnc2C(N)=O)c1. The molecule has 3 amide bonds. The first-order valence-electron chi connectivity index (χ1n) is 13.5. The molecule has 1 aromatic heterocycles. The molecule has 5 N–H and O–H groups in total. The Kier molecular flexibility index (Phi) is 7.77. The number of nitrogens with zero attached hydrogens (tertiary/aromatic N) is 3. The van der Waals surface area contributed by atoms with Crippen LogP contribution >= 0.6 is 0 Å². The summed E-state index contributed by atoms with van der Waals surface area (Å²) >= 11 is 0. The summed E-state index contributed by atoms with van der Waals surface area (Å²) in [5.74, 6) is 0.250. The van der Waals surface area contributed by atoms with Gasteiger partial charge in [-0.25, -0.2) is 9.97 Å². The van der Waals surface area contributed by atoms with Gasteiger partial charge in [-0.05, 0) is 80.5 Å². The molecule has 2 atom stereocenters. The first-order chi connectivity index (χ1) is 19.3. The van der Waals surface area contributed by atoms with E-state index in [0.29, 0.717) is 28.7 Å². The standard InChI is InChI=1S/C30H33N7O3/c1-3-26(38)33-22-6-4-7-23(16-22)34-29-27(28(31)39)32-17-25(36-29)37-15-5-8-24(18(37)2)35-30(40)21-13-11-20(12-14-21)19-9-10-19/h3-4,6-7,11-14,16-19,24H,1,5,8-10,15H2,2H3,(H2,31,39)(H,33,38)(H,34,36)(H,35,40)/t18-,24-/m0/s1. The second kappa shape index (κ2) is 11.6. The summed E-state index contributed by atoms with van der Waals surface area (Å²) < 4.78 is 0. The highest BCUT2D eigenvalue weighted by molar-refractivity contribution is 5.99. The van der Waals surface area contributed by atoms with Crippen molar-refractivity contribution in [1.82, 2.24) is 15.3 Å². The largest absolute Gasteiger partial charge is 0.364 e. The lowest BCUT2D eigenvalue weighted by Crippen LogP contribution is -2.54. The van der Waals surface area contributed by atoms with Gasteiger partial charge in [0.15, 0.2) is 11.5 Å². The molecule has 10 heteroatoms. The minimum Gasteiger partial charge on any atom is -0.364 e. The smallest absolute Gasteiger partial charge is 0.271 e. The molecule has 3 aromatic rings. The average Bonchev–Trinajstić information content (AvgIpc) is 3.80. The first-order valence-corrected chi connectivity index (χ1v) is 13.5. The van der Waals surface area contributed by atoms with Crippen LogP contribution in [0, 0.1) is 0 Å². The van der Waals surface area contributed by atoms with Crippen LogP contribution in [0.25, 0.3) is 0 Å². The van der Waals surface area contributed by atoms with Gasteiger partial charge in [0.05, 0.1) is 6.20 Å². The van der Waals surface area contributed by atoms with Gasteiger partial charge < -0.3 is 26.6 Å². The summed E-state index contributed by atoms with van der Waals surface area (Å²) in [4.78, 5) is 48.0. The van der Waals surface area contributed by atoms with Gasteiger partial charge >= 0.3 is 0 Å². The number of hydrogen-bond acceptors (Lipinski definition) is 7. The maximum Gasteiger partial charge on any atom is 0.271 e. The number of aromatic nitrogens is 2. The van der Waals surface area contributed by atoms with Crippen LogP contribution in [0.4, 0.5) is 23.0 Å². The highest BCUT2D eigenvalue weighted by atomic mass is 16.2. The van der Waals surface area contributed by atoms with Crippen LogP contribution in [0.1, 0.15) is 64.9 Å². The average molecular weight is 540 g/mol. The van der Waals surface area contributed by atoms with E-state index in [0.717, 1.165) is 19.4 Å². The van der Waals surface area contributed by atoms with Crippen molar-refractivity contribution in [2.75, 3.05) is 22.1 Å². The first kappa shape index (κ1) is 26.9. The van der Waals surface area contributed by atoms with Crippen molar-refractivity contribution in [2.45, 2.75) is 50.6 Å². The van der Waals surface area contributed by atoms with E-state index in [-0.39, 0.29) is 35.4 Å². The van der Waals surface area contributed by atoms with Crippen LogP contribution in [0.5, 0.6) is 0 Å². The summed E-state index contributed by atoms with van der Waals surface area (Å²) in [6.07, 6.45) is 6.85. The molecule has 0 radical (unpaired) electrons. The summed E-state index contributed by atoms with van der Waals surface area (Å²) in [6, 6.07) is 14.7. The predicted molar refractivity (Wildman–Crippen MR) is 155 cm³/mol. The normalized spacial score (nSPS) is 18.5. The Morgan fingerprint density at radius 2 is 1.82 bits per heavy atom. The Bertz CT molecular complexity index is 1440. The number of carbonyl (C=O) groups is 3. The molecule has 1 aliphatic heterocycles. The minimum atomic E-state index is -0.720. The number of carbonyl (C=O) groups excluding carboxylic acids is 3. The quantitative estimate of drug-likeness (QED) is 0.300. The van der Waals surface area contributed by atoms with Crippen LogP contribution in [0.2, 0.25) is 0 Å². The summed E-state index contributed by atoms with van der Waals surface area (Å²) in [7, 11) is 0. The number of piperidine rings is 1. The highest BCUT2D eigenvalue weighted by Crippen LogP contribution is 2.40. The van der Waals surface area contributed by atoms with Gasteiger partial charge in [-0.15, -0.1) is 0 Å². The molecule has 1 saturated carbocycles. The van der Waals surface area contributed by atoms with Gasteiger partial charge in [0, 0.05) is 35.6 Å². The molecular weight excluding hydrogens is 506 g/mol. The predicted octanol–water partition coefficient (Wildman–Crippen LogP) is 4.11. The Morgan fingerprint density at radius 3 is 2.52 bits per heavy atom. The Balaban J connectivity index is 1.32. The van der Waals surface area contributed by atoms with Crippen LogP contribution < -0.4 is 26.6 Å². The molecule has 0 unspecified atom stereocenters. The topological polar surface area (TPSA) is 142 Å². The van der Waals surface area contributed by atoms with Crippen molar-refractivity contribution >= 4 is 40.7 Å². The fraction of sp³-hybridized carbons (Fsp3) is 0.300. The third kappa shape index (κ3) is 6.12. The van der Waals surface area contributed by atoms with Crippen molar-refractivity contribution in [2.24, 2.45) is 5.73 Å². The number of amides is 3. The molecule has 2 heterocycles. The van der Waals surface area contributed by atoms with Gasteiger partial charge in [-0.1, -0.05) is 24.8 Å². The molecule has 2 fully saturated rings. The molecule has 1 saturated heterocycles. The third-order valence-electron chi connectivity index (χ3n) is 7.39. The van der Waals surface area contributed by atoms with Gasteiger partial charge in [0.1, 0.15) is 5.82 Å². The van der Waals surface area contributed by atoms with E-state index in [2.05, 4.69) is 44.5 Å². The molecule has 206 valence electrons. The number of benzene rings is 2. The van der Waals surface area contributed by atoms with E-state index in [1.165, 1.54) is 30.7 Å². The maximum absolute atomic E-state index is 13.0. The van der Waals surface area contributed by atoms with Crippen molar-refractivity contribution in [3.05, 3.63) is 84.2 Å². The van der Waals surface area contributed by atoms with Crippen molar-refractivity contribution < 1.29 is 14.4 Å². The van der Waals surface area contributed by atoms with Crippen molar-refractivity contribution in [3.8, 4) is 0 Å². The highest BCUT2D eigenvalue weighted by Gasteiger charge is 2.31.